The van der Waals surface area contributed by atoms with Gasteiger partial charge in [0.15, 0.2) is 0 Å². The van der Waals surface area contributed by atoms with Gasteiger partial charge in [0.05, 0.1) is 6.54 Å². The number of nitrogens with two attached hydrogens (primary N) is 1. The first-order chi connectivity index (χ1) is 7.58. The summed E-state index contributed by atoms with van der Waals surface area (Å²) < 4.78 is 7.65. The zero-order valence-corrected chi connectivity index (χ0v) is 8.99. The van der Waals surface area contributed by atoms with E-state index in [0.29, 0.717) is 6.42 Å². The van der Waals surface area contributed by atoms with E-state index in [1.165, 1.54) is 11.1 Å². The normalized spacial score (nSPS) is 13.3. The van der Waals surface area contributed by atoms with Crippen LogP contribution in [0.3, 0.4) is 0 Å². The highest BCUT2D eigenvalue weighted by atomic mass is 16.1. The quantitative estimate of drug-likeness (QED) is 0.731. The summed E-state index contributed by atoms with van der Waals surface area (Å²) in [5, 5.41) is 2.76. The predicted octanol–water partition coefficient (Wildman–Crippen LogP) is 1.00. The van der Waals surface area contributed by atoms with Crippen LogP contribution in [0.5, 0.6) is 0 Å². The molecule has 0 aliphatic rings. The van der Waals surface area contributed by atoms with Gasteiger partial charge in [-0.1, -0.05) is 29.8 Å². The summed E-state index contributed by atoms with van der Waals surface area (Å²) >= 11 is 0. The Labute approximate surface area is 92.1 Å². The molecule has 0 bridgehead atoms. The summed E-state index contributed by atoms with van der Waals surface area (Å²) in [6.45, 7) is 1.68. The molecule has 0 saturated carbocycles. The molecular weight excluding hydrogens is 188 g/mol. The number of benzene rings is 1. The molecule has 0 radical (unpaired) electrons. The van der Waals surface area contributed by atoms with Gasteiger partial charge in [0, 0.05) is 1.37 Å². The lowest BCUT2D eigenvalue weighted by Gasteiger charge is -2.03. The second-order valence-corrected chi connectivity index (χ2v) is 3.58. The molecule has 0 aliphatic heterocycles. The van der Waals surface area contributed by atoms with Gasteiger partial charge in [0.1, 0.15) is 0 Å². The van der Waals surface area contributed by atoms with Gasteiger partial charge in [-0.3, -0.25) is 4.79 Å². The zero-order chi connectivity index (χ0) is 12.0. The zero-order valence-electron chi connectivity index (χ0n) is 9.99. The standard InChI is InChI=1S/C12H18N2O/c1-10-4-2-5-11(8-10)6-3-7-14-9-12(13)15/h2,4-5,8,14H,3,6-7,9H2,1H3,(H2,13,15)/i7D/t7-/m0/s1. The minimum absolute atomic E-state index is 0.0714. The third kappa shape index (κ3) is 5.18. The maximum atomic E-state index is 10.5. The third-order valence-electron chi connectivity index (χ3n) is 2.08. The molecule has 3 heteroatoms. The van der Waals surface area contributed by atoms with Crippen LogP contribution < -0.4 is 11.1 Å². The number of nitrogens with one attached hydrogen (secondary N) is 1. The van der Waals surface area contributed by atoms with Crippen LogP contribution >= 0.6 is 0 Å². The monoisotopic (exact) mass is 207 g/mol. The summed E-state index contributed by atoms with van der Waals surface area (Å²) in [5.41, 5.74) is 7.43. The van der Waals surface area contributed by atoms with Crippen molar-refractivity contribution in [2.45, 2.75) is 19.8 Å². The first kappa shape index (κ1) is 10.2. The molecule has 0 unspecified atom stereocenters. The van der Waals surface area contributed by atoms with E-state index in [1.54, 1.807) is 0 Å². The molecule has 1 aromatic carbocycles. The summed E-state index contributed by atoms with van der Waals surface area (Å²) in [6, 6.07) is 8.22. The first-order valence-electron chi connectivity index (χ1n) is 5.65. The highest BCUT2D eigenvalue weighted by Gasteiger charge is 1.95. The van der Waals surface area contributed by atoms with Crippen LogP contribution in [-0.2, 0) is 11.2 Å². The number of rotatable bonds is 6. The van der Waals surface area contributed by atoms with Crippen LogP contribution in [0.2, 0.25) is 0 Å². The second kappa shape index (κ2) is 6.19. The molecule has 15 heavy (non-hydrogen) atoms. The molecule has 1 rings (SSSR count). The Morgan fingerprint density at radius 2 is 2.40 bits per heavy atom. The van der Waals surface area contributed by atoms with Gasteiger partial charge >= 0.3 is 0 Å². The molecule has 1 aromatic rings. The van der Waals surface area contributed by atoms with Crippen LogP contribution in [-0.4, -0.2) is 19.0 Å². The largest absolute Gasteiger partial charge is 0.369 e. The average molecular weight is 207 g/mol. The lowest BCUT2D eigenvalue weighted by molar-refractivity contribution is -0.117. The van der Waals surface area contributed by atoms with E-state index in [0.717, 1.165) is 6.42 Å². The number of aryl methyl sites for hydroxylation is 2. The molecule has 1 amide bonds. The van der Waals surface area contributed by atoms with Gasteiger partial charge < -0.3 is 11.1 Å². The SMILES string of the molecule is [2H][C@@H](CCc1cccc(C)c1)NCC(N)=O. The molecule has 0 heterocycles. The summed E-state index contributed by atoms with van der Waals surface area (Å²) in [5.74, 6) is -0.423. The fourth-order valence-corrected chi connectivity index (χ4v) is 1.38. The van der Waals surface area contributed by atoms with Crippen molar-refractivity contribution in [2.75, 3.05) is 13.1 Å². The van der Waals surface area contributed by atoms with E-state index in [-0.39, 0.29) is 6.54 Å². The average Bonchev–Trinajstić information content (AvgIpc) is 2.23. The molecule has 3 nitrogen and oxygen atoms in total. The topological polar surface area (TPSA) is 55.1 Å². The Balaban J connectivity index is 2.31. The predicted molar refractivity (Wildman–Crippen MR) is 61.6 cm³/mol. The van der Waals surface area contributed by atoms with Crippen molar-refractivity contribution in [3.63, 3.8) is 0 Å². The number of carbonyl (C=O) groups excluding carboxylic acids is 1. The number of carbonyl (C=O) groups is 1. The number of hydrogen-bond donors (Lipinski definition) is 2. The number of primary amides is 1. The Morgan fingerprint density at radius 1 is 1.60 bits per heavy atom. The van der Waals surface area contributed by atoms with E-state index in [4.69, 9.17) is 7.10 Å². The van der Waals surface area contributed by atoms with Crippen LogP contribution in [0.4, 0.5) is 0 Å². The van der Waals surface area contributed by atoms with Crippen molar-refractivity contribution in [1.29, 1.82) is 0 Å². The molecule has 0 fully saturated rings. The van der Waals surface area contributed by atoms with E-state index >= 15 is 0 Å². The van der Waals surface area contributed by atoms with Gasteiger partial charge in [-0.15, -0.1) is 0 Å². The number of hydrogen-bond acceptors (Lipinski definition) is 2. The van der Waals surface area contributed by atoms with Gasteiger partial charge in [-0.25, -0.2) is 0 Å². The van der Waals surface area contributed by atoms with Crippen LogP contribution in [0.25, 0.3) is 0 Å². The Kier molecular flexibility index (Phi) is 4.20. The lowest BCUT2D eigenvalue weighted by atomic mass is 10.1. The van der Waals surface area contributed by atoms with E-state index in [9.17, 15) is 4.79 Å². The summed E-state index contributed by atoms with van der Waals surface area (Å²) in [6.07, 6.45) is 1.51. The molecular formula is C12H18N2O. The van der Waals surface area contributed by atoms with E-state index in [1.807, 2.05) is 25.1 Å². The fourth-order valence-electron chi connectivity index (χ4n) is 1.38. The second-order valence-electron chi connectivity index (χ2n) is 3.58. The lowest BCUT2D eigenvalue weighted by Crippen LogP contribution is -2.29. The van der Waals surface area contributed by atoms with Crippen LogP contribution in [0.15, 0.2) is 24.3 Å². The maximum absolute atomic E-state index is 10.5. The maximum Gasteiger partial charge on any atom is 0.231 e. The van der Waals surface area contributed by atoms with Crippen molar-refractivity contribution < 1.29 is 6.17 Å². The summed E-state index contributed by atoms with van der Waals surface area (Å²) in [7, 11) is 0. The molecule has 1 atom stereocenters. The molecule has 0 aromatic heterocycles. The fraction of sp³-hybridized carbons (Fsp3) is 0.417. The van der Waals surface area contributed by atoms with E-state index in [2.05, 4.69) is 11.4 Å². The van der Waals surface area contributed by atoms with E-state index < -0.39 is 12.4 Å². The minimum Gasteiger partial charge on any atom is -0.369 e. The highest BCUT2D eigenvalue weighted by Crippen LogP contribution is 2.05. The summed E-state index contributed by atoms with van der Waals surface area (Å²) in [4.78, 5) is 10.5. The van der Waals surface area contributed by atoms with Crippen molar-refractivity contribution in [2.24, 2.45) is 5.73 Å². The molecule has 0 aliphatic carbocycles. The van der Waals surface area contributed by atoms with Gasteiger partial charge in [-0.05, 0) is 31.8 Å². The highest BCUT2D eigenvalue weighted by molar-refractivity contribution is 5.75. The molecule has 0 saturated heterocycles. The van der Waals surface area contributed by atoms with Crippen LogP contribution in [0.1, 0.15) is 18.9 Å². The van der Waals surface area contributed by atoms with Gasteiger partial charge in [-0.2, -0.15) is 0 Å². The molecule has 0 spiro atoms. The first-order valence-corrected chi connectivity index (χ1v) is 5.07. The van der Waals surface area contributed by atoms with Crippen molar-refractivity contribution in [3.05, 3.63) is 35.4 Å². The van der Waals surface area contributed by atoms with Crippen molar-refractivity contribution in [3.8, 4) is 0 Å². The Morgan fingerprint density at radius 3 is 3.07 bits per heavy atom. The van der Waals surface area contributed by atoms with Crippen LogP contribution in [0, 0.1) is 6.92 Å². The molecule has 82 valence electrons. The third-order valence-corrected chi connectivity index (χ3v) is 2.08. The van der Waals surface area contributed by atoms with Crippen molar-refractivity contribution >= 4 is 5.91 Å². The minimum atomic E-state index is -0.437. The van der Waals surface area contributed by atoms with Gasteiger partial charge in [0.25, 0.3) is 0 Å². The number of amides is 1. The Hall–Kier alpha value is -1.35. The smallest absolute Gasteiger partial charge is 0.231 e. The van der Waals surface area contributed by atoms with Gasteiger partial charge in [0.2, 0.25) is 5.91 Å². The molecule has 3 N–H and O–H groups in total. The Bertz CT molecular complexity index is 355. The van der Waals surface area contributed by atoms with Crippen molar-refractivity contribution in [1.82, 2.24) is 5.32 Å².